The van der Waals surface area contributed by atoms with Crippen LogP contribution in [0.5, 0.6) is 11.5 Å². The summed E-state index contributed by atoms with van der Waals surface area (Å²) in [5.74, 6) is 0.303. The van der Waals surface area contributed by atoms with Crippen molar-refractivity contribution in [1.29, 1.82) is 0 Å². The second-order valence-corrected chi connectivity index (χ2v) is 6.55. The number of alkyl halides is 3. The Morgan fingerprint density at radius 2 is 2.00 bits per heavy atom. The lowest BCUT2D eigenvalue weighted by Gasteiger charge is -2.32. The fraction of sp³-hybridized carbons (Fsp3) is 0.188. The first-order valence-electron chi connectivity index (χ1n) is 7.44. The van der Waals surface area contributed by atoms with Gasteiger partial charge in [-0.15, -0.1) is 13.2 Å². The van der Waals surface area contributed by atoms with Crippen LogP contribution in [0, 0.1) is 0 Å². The van der Waals surface area contributed by atoms with Gasteiger partial charge in [0.05, 0.1) is 17.9 Å². The zero-order valence-corrected chi connectivity index (χ0v) is 15.5. The minimum Gasteiger partial charge on any atom is -0.489 e. The molecule has 5 nitrogen and oxygen atoms in total. The van der Waals surface area contributed by atoms with Crippen LogP contribution in [0.2, 0.25) is 0 Å². The monoisotopic (exact) mass is 447 g/mol. The number of fused-ring (bicyclic) bond motifs is 1. The van der Waals surface area contributed by atoms with Crippen molar-refractivity contribution in [3.8, 4) is 11.5 Å². The van der Waals surface area contributed by atoms with Crippen molar-refractivity contribution in [2.45, 2.75) is 6.36 Å². The highest BCUT2D eigenvalue weighted by atomic mass is 79.9. The number of hydrazine groups is 1. The summed E-state index contributed by atoms with van der Waals surface area (Å²) in [7, 11) is 0. The van der Waals surface area contributed by atoms with Crippen molar-refractivity contribution < 1.29 is 22.6 Å². The molecule has 10 heteroatoms. The Hall–Kier alpha value is -2.20. The van der Waals surface area contributed by atoms with E-state index in [1.54, 1.807) is 11.1 Å². The standard InChI is InChI=1S/C16H13BrF3N3O2S/c17-10-5-6-11(14(9-10)25-16(18,19)20)21-15(26)22-23-7-8-24-13-4-2-1-3-12(13)23/h1-6,9H,7-8H2,(H2,21,22,26). The number of nitrogens with zero attached hydrogens (tertiary/aromatic N) is 1. The highest BCUT2D eigenvalue weighted by Crippen LogP contribution is 2.33. The van der Waals surface area contributed by atoms with E-state index in [1.165, 1.54) is 12.1 Å². The SMILES string of the molecule is FC(F)(F)Oc1cc(Br)ccc1NC(=S)NN1CCOc2ccccc21. The van der Waals surface area contributed by atoms with Gasteiger partial charge < -0.3 is 14.8 Å². The predicted octanol–water partition coefficient (Wildman–Crippen LogP) is 4.45. The van der Waals surface area contributed by atoms with E-state index >= 15 is 0 Å². The molecule has 1 aliphatic rings. The van der Waals surface area contributed by atoms with Crippen LogP contribution in [0.15, 0.2) is 46.9 Å². The molecule has 1 heterocycles. The summed E-state index contributed by atoms with van der Waals surface area (Å²) in [5.41, 5.74) is 3.82. The van der Waals surface area contributed by atoms with Gasteiger partial charge in [0.25, 0.3) is 0 Å². The topological polar surface area (TPSA) is 45.8 Å². The maximum Gasteiger partial charge on any atom is 0.573 e. The molecule has 1 aliphatic heterocycles. The lowest BCUT2D eigenvalue weighted by molar-refractivity contribution is -0.274. The van der Waals surface area contributed by atoms with Gasteiger partial charge >= 0.3 is 6.36 Å². The van der Waals surface area contributed by atoms with Crippen molar-refractivity contribution in [2.75, 3.05) is 23.5 Å². The molecule has 0 saturated carbocycles. The first kappa shape index (κ1) is 18.6. The first-order chi connectivity index (χ1) is 12.3. The minimum atomic E-state index is -4.81. The Morgan fingerprint density at radius 1 is 1.23 bits per heavy atom. The van der Waals surface area contributed by atoms with Crippen LogP contribution in [-0.2, 0) is 0 Å². The maximum absolute atomic E-state index is 12.6. The van der Waals surface area contributed by atoms with Gasteiger partial charge in [0.15, 0.2) is 10.9 Å². The molecule has 0 saturated heterocycles. The van der Waals surface area contributed by atoms with Crippen molar-refractivity contribution in [3.05, 3.63) is 46.9 Å². The van der Waals surface area contributed by atoms with E-state index in [9.17, 15) is 13.2 Å². The summed E-state index contributed by atoms with van der Waals surface area (Å²) in [5, 5.41) is 4.61. The van der Waals surface area contributed by atoms with E-state index < -0.39 is 12.1 Å². The van der Waals surface area contributed by atoms with E-state index in [1.807, 2.05) is 24.3 Å². The summed E-state index contributed by atoms with van der Waals surface area (Å²) in [6.07, 6.45) is -4.81. The molecule has 0 aliphatic carbocycles. The Morgan fingerprint density at radius 3 is 2.77 bits per heavy atom. The highest BCUT2D eigenvalue weighted by Gasteiger charge is 2.32. The largest absolute Gasteiger partial charge is 0.573 e. The molecule has 26 heavy (non-hydrogen) atoms. The molecule has 2 N–H and O–H groups in total. The fourth-order valence-corrected chi connectivity index (χ4v) is 2.93. The van der Waals surface area contributed by atoms with Gasteiger partial charge in [-0.1, -0.05) is 28.1 Å². The zero-order valence-electron chi connectivity index (χ0n) is 13.1. The molecule has 0 amide bonds. The average Bonchev–Trinajstić information content (AvgIpc) is 2.56. The number of hydrogen-bond donors (Lipinski definition) is 2. The van der Waals surface area contributed by atoms with E-state index in [4.69, 9.17) is 17.0 Å². The molecule has 0 radical (unpaired) electrons. The van der Waals surface area contributed by atoms with Crippen LogP contribution in [0.1, 0.15) is 0 Å². The van der Waals surface area contributed by atoms with Crippen LogP contribution >= 0.6 is 28.1 Å². The zero-order chi connectivity index (χ0) is 18.7. The number of thiocarbonyl (C=S) groups is 1. The maximum atomic E-state index is 12.6. The van der Waals surface area contributed by atoms with Gasteiger partial charge in [-0.05, 0) is 42.5 Å². The second kappa shape index (κ2) is 7.58. The fourth-order valence-electron chi connectivity index (χ4n) is 2.37. The minimum absolute atomic E-state index is 0.0876. The third kappa shape index (κ3) is 4.70. The van der Waals surface area contributed by atoms with Gasteiger partial charge in [0, 0.05) is 4.47 Å². The van der Waals surface area contributed by atoms with Crippen molar-refractivity contribution in [3.63, 3.8) is 0 Å². The molecule has 0 atom stereocenters. The molecule has 0 bridgehead atoms. The molecular formula is C16H13BrF3N3O2S. The molecule has 3 rings (SSSR count). The summed E-state index contributed by atoms with van der Waals surface area (Å²) in [4.78, 5) is 0. The number of nitrogens with one attached hydrogen (secondary N) is 2. The van der Waals surface area contributed by atoms with Crippen LogP contribution in [0.25, 0.3) is 0 Å². The average molecular weight is 448 g/mol. The second-order valence-electron chi connectivity index (χ2n) is 5.22. The van der Waals surface area contributed by atoms with Crippen molar-refractivity contribution >= 4 is 44.6 Å². The quantitative estimate of drug-likeness (QED) is 0.677. The number of ether oxygens (including phenoxy) is 2. The summed E-state index contributed by atoms with van der Waals surface area (Å²) >= 11 is 8.35. The van der Waals surface area contributed by atoms with Crippen LogP contribution in [0.4, 0.5) is 24.5 Å². The van der Waals surface area contributed by atoms with Crippen LogP contribution < -0.4 is 25.2 Å². The lowest BCUT2D eigenvalue weighted by Crippen LogP contribution is -2.48. The van der Waals surface area contributed by atoms with Crippen LogP contribution in [-0.4, -0.2) is 24.6 Å². The number of para-hydroxylation sites is 2. The summed E-state index contributed by atoms with van der Waals surface area (Å²) < 4.78 is 47.8. The van der Waals surface area contributed by atoms with Gasteiger partial charge in [-0.3, -0.25) is 10.4 Å². The van der Waals surface area contributed by atoms with E-state index in [-0.39, 0.29) is 10.8 Å². The van der Waals surface area contributed by atoms with E-state index in [0.29, 0.717) is 23.4 Å². The van der Waals surface area contributed by atoms with Crippen molar-refractivity contribution in [2.24, 2.45) is 0 Å². The lowest BCUT2D eigenvalue weighted by atomic mass is 10.2. The number of hydrogen-bond acceptors (Lipinski definition) is 4. The number of rotatable bonds is 3. The van der Waals surface area contributed by atoms with Crippen molar-refractivity contribution in [1.82, 2.24) is 5.43 Å². The summed E-state index contributed by atoms with van der Waals surface area (Å²) in [6.45, 7) is 0.971. The molecular weight excluding hydrogens is 435 g/mol. The molecule has 2 aromatic carbocycles. The Kier molecular flexibility index (Phi) is 5.42. The molecule has 138 valence electrons. The third-order valence-electron chi connectivity index (χ3n) is 3.38. The third-order valence-corrected chi connectivity index (χ3v) is 4.07. The predicted molar refractivity (Wildman–Crippen MR) is 99.5 cm³/mol. The Labute approximate surface area is 161 Å². The Balaban J connectivity index is 1.73. The summed E-state index contributed by atoms with van der Waals surface area (Å²) in [6, 6.07) is 11.6. The molecule has 0 fully saturated rings. The van der Waals surface area contributed by atoms with Gasteiger partial charge in [-0.2, -0.15) is 0 Å². The number of halogens is 4. The number of anilines is 2. The molecule has 0 spiro atoms. The first-order valence-corrected chi connectivity index (χ1v) is 8.64. The highest BCUT2D eigenvalue weighted by molar-refractivity contribution is 9.10. The molecule has 0 unspecified atom stereocenters. The van der Waals surface area contributed by atoms with E-state index in [0.717, 1.165) is 5.69 Å². The van der Waals surface area contributed by atoms with Gasteiger partial charge in [0.2, 0.25) is 0 Å². The van der Waals surface area contributed by atoms with Gasteiger partial charge in [-0.25, -0.2) is 0 Å². The Bertz CT molecular complexity index is 820. The van der Waals surface area contributed by atoms with E-state index in [2.05, 4.69) is 31.4 Å². The normalized spacial score (nSPS) is 13.5. The van der Waals surface area contributed by atoms with Crippen LogP contribution in [0.3, 0.4) is 0 Å². The molecule has 0 aromatic heterocycles. The molecule has 2 aromatic rings. The smallest absolute Gasteiger partial charge is 0.489 e. The van der Waals surface area contributed by atoms with Gasteiger partial charge in [0.1, 0.15) is 12.4 Å². The number of benzene rings is 2.